The number of fused-ring (bicyclic) bond motifs is 1. The number of benzene rings is 2. The number of anilines is 1. The molecule has 0 aliphatic rings. The molecule has 2 aromatic carbocycles. The number of methoxy groups -OCH3 is 1. The molecule has 158 valence electrons. The number of carbonyl (C=O) groups is 1. The Morgan fingerprint density at radius 2 is 2.00 bits per heavy atom. The molecule has 31 heavy (non-hydrogen) atoms. The van der Waals surface area contributed by atoms with E-state index in [0.29, 0.717) is 11.3 Å². The van der Waals surface area contributed by atoms with Crippen LogP contribution in [0, 0.1) is 0 Å². The Bertz CT molecular complexity index is 1200. The van der Waals surface area contributed by atoms with Crippen LogP contribution in [0.2, 0.25) is 0 Å². The summed E-state index contributed by atoms with van der Waals surface area (Å²) in [6.45, 7) is -2.95. The number of amides is 1. The molecule has 4 aromatic rings. The third-order valence-electron chi connectivity index (χ3n) is 4.37. The highest BCUT2D eigenvalue weighted by molar-refractivity contribution is 7.15. The van der Waals surface area contributed by atoms with Crippen LogP contribution in [0.3, 0.4) is 0 Å². The normalized spacial score (nSPS) is 11.4. The lowest BCUT2D eigenvalue weighted by Crippen LogP contribution is -2.07. The van der Waals surface area contributed by atoms with Crippen molar-refractivity contribution in [2.24, 2.45) is 0 Å². The van der Waals surface area contributed by atoms with Gasteiger partial charge in [-0.2, -0.15) is 8.78 Å². The predicted molar refractivity (Wildman–Crippen MR) is 116 cm³/mol. The summed E-state index contributed by atoms with van der Waals surface area (Å²) in [4.78, 5) is 17.7. The first kappa shape index (κ1) is 20.5. The van der Waals surface area contributed by atoms with Gasteiger partial charge in [-0.05, 0) is 35.9 Å². The van der Waals surface area contributed by atoms with E-state index in [4.69, 9.17) is 4.74 Å². The summed E-state index contributed by atoms with van der Waals surface area (Å²) in [6, 6.07) is 11.8. The second-order valence-corrected chi connectivity index (χ2v) is 7.28. The molecule has 0 saturated carbocycles. The van der Waals surface area contributed by atoms with Crippen LogP contribution in [0.5, 0.6) is 11.5 Å². The number of halogens is 2. The number of alkyl halides is 2. The number of nitrogens with zero attached hydrogens (tertiary/aromatic N) is 2. The van der Waals surface area contributed by atoms with Crippen LogP contribution in [0.15, 0.2) is 66.3 Å². The number of aromatic nitrogens is 2. The lowest BCUT2D eigenvalue weighted by atomic mass is 10.1. The van der Waals surface area contributed by atoms with Crippen molar-refractivity contribution in [3.8, 4) is 22.8 Å². The van der Waals surface area contributed by atoms with Crippen molar-refractivity contribution in [3.05, 3.63) is 71.9 Å². The molecular weight excluding hydrogens is 424 g/mol. The molecule has 1 amide bonds. The summed E-state index contributed by atoms with van der Waals surface area (Å²) in [5.41, 5.74) is 3.04. The Hall–Kier alpha value is -3.72. The summed E-state index contributed by atoms with van der Waals surface area (Å²) < 4.78 is 36.2. The fourth-order valence-electron chi connectivity index (χ4n) is 2.93. The van der Waals surface area contributed by atoms with E-state index >= 15 is 0 Å². The van der Waals surface area contributed by atoms with Crippen molar-refractivity contribution in [2.75, 3.05) is 12.4 Å². The Morgan fingerprint density at radius 1 is 1.19 bits per heavy atom. The van der Waals surface area contributed by atoms with Crippen LogP contribution in [0.25, 0.3) is 22.3 Å². The van der Waals surface area contributed by atoms with Crippen LogP contribution >= 0.6 is 11.3 Å². The highest BCUT2D eigenvalue weighted by atomic mass is 32.1. The summed E-state index contributed by atoms with van der Waals surface area (Å²) in [7, 11) is 1.35. The minimum atomic E-state index is -2.95. The molecule has 2 aromatic heterocycles. The first-order valence-electron chi connectivity index (χ1n) is 9.16. The zero-order valence-electron chi connectivity index (χ0n) is 16.3. The molecule has 0 atom stereocenters. The Labute approximate surface area is 180 Å². The minimum Gasteiger partial charge on any atom is -0.493 e. The van der Waals surface area contributed by atoms with Gasteiger partial charge in [-0.3, -0.25) is 9.20 Å². The molecule has 0 aliphatic heterocycles. The van der Waals surface area contributed by atoms with Crippen molar-refractivity contribution < 1.29 is 23.0 Å². The third kappa shape index (κ3) is 4.89. The fourth-order valence-corrected chi connectivity index (χ4v) is 3.63. The summed E-state index contributed by atoms with van der Waals surface area (Å²) >= 11 is 1.56. The lowest BCUT2D eigenvalue weighted by molar-refractivity contribution is -0.111. The van der Waals surface area contributed by atoms with E-state index in [1.54, 1.807) is 35.6 Å². The molecule has 9 heteroatoms. The SMILES string of the molecule is COc1cc(/C=C/C(=O)Nc2ccc(-c3cn4ccsc4n3)cc2)ccc1OC(F)F. The summed E-state index contributed by atoms with van der Waals surface area (Å²) in [5.74, 6) is -0.253. The van der Waals surface area contributed by atoms with Gasteiger partial charge in [-0.1, -0.05) is 18.2 Å². The molecule has 2 heterocycles. The van der Waals surface area contributed by atoms with Crippen molar-refractivity contribution in [2.45, 2.75) is 6.61 Å². The molecule has 0 unspecified atom stereocenters. The number of imidazole rings is 1. The molecular formula is C22H17F2N3O3S. The second-order valence-electron chi connectivity index (χ2n) is 6.41. The number of thiazole rings is 1. The van der Waals surface area contributed by atoms with Gasteiger partial charge in [0.15, 0.2) is 16.5 Å². The highest BCUT2D eigenvalue weighted by Crippen LogP contribution is 2.30. The zero-order valence-corrected chi connectivity index (χ0v) is 17.1. The second kappa shape index (κ2) is 8.97. The van der Waals surface area contributed by atoms with Gasteiger partial charge in [-0.25, -0.2) is 4.98 Å². The van der Waals surface area contributed by atoms with E-state index in [2.05, 4.69) is 15.0 Å². The summed E-state index contributed by atoms with van der Waals surface area (Å²) in [5, 5.41) is 4.75. The zero-order chi connectivity index (χ0) is 21.8. The Kier molecular flexibility index (Phi) is 5.94. The molecule has 0 fully saturated rings. The van der Waals surface area contributed by atoms with Crippen molar-refractivity contribution in [1.29, 1.82) is 0 Å². The number of nitrogens with one attached hydrogen (secondary N) is 1. The molecule has 0 radical (unpaired) electrons. The Morgan fingerprint density at radius 3 is 2.71 bits per heavy atom. The maximum Gasteiger partial charge on any atom is 0.387 e. The minimum absolute atomic E-state index is 0.0725. The van der Waals surface area contributed by atoms with E-state index in [-0.39, 0.29) is 17.4 Å². The van der Waals surface area contributed by atoms with Gasteiger partial charge in [0, 0.05) is 35.1 Å². The topological polar surface area (TPSA) is 64.9 Å². The van der Waals surface area contributed by atoms with Gasteiger partial charge in [0.2, 0.25) is 5.91 Å². The van der Waals surface area contributed by atoms with E-state index < -0.39 is 6.61 Å². The molecule has 0 saturated heterocycles. The van der Waals surface area contributed by atoms with Gasteiger partial charge in [0.05, 0.1) is 12.8 Å². The maximum absolute atomic E-state index is 12.4. The number of carbonyl (C=O) groups excluding carboxylic acids is 1. The molecule has 1 N–H and O–H groups in total. The van der Waals surface area contributed by atoms with Crippen LogP contribution in [0.1, 0.15) is 5.56 Å². The number of ether oxygens (including phenoxy) is 2. The van der Waals surface area contributed by atoms with Crippen LogP contribution in [0.4, 0.5) is 14.5 Å². The molecule has 6 nitrogen and oxygen atoms in total. The quantitative estimate of drug-likeness (QED) is 0.394. The van der Waals surface area contributed by atoms with Crippen LogP contribution in [-0.2, 0) is 4.79 Å². The summed E-state index contributed by atoms with van der Waals surface area (Å²) in [6.07, 6.45) is 6.80. The molecule has 0 bridgehead atoms. The molecule has 0 spiro atoms. The third-order valence-corrected chi connectivity index (χ3v) is 5.14. The lowest BCUT2D eigenvalue weighted by Gasteiger charge is -2.10. The van der Waals surface area contributed by atoms with Crippen molar-refractivity contribution in [1.82, 2.24) is 9.38 Å². The fraction of sp³-hybridized carbons (Fsp3) is 0.0909. The first-order chi connectivity index (χ1) is 15.0. The van der Waals surface area contributed by atoms with Gasteiger partial charge in [0.25, 0.3) is 0 Å². The first-order valence-corrected chi connectivity index (χ1v) is 10.0. The van der Waals surface area contributed by atoms with Gasteiger partial charge in [-0.15, -0.1) is 11.3 Å². The monoisotopic (exact) mass is 441 g/mol. The average molecular weight is 441 g/mol. The van der Waals surface area contributed by atoms with Crippen LogP contribution in [-0.4, -0.2) is 29.0 Å². The van der Waals surface area contributed by atoms with E-state index in [1.165, 1.54) is 25.3 Å². The van der Waals surface area contributed by atoms with Gasteiger partial charge >= 0.3 is 6.61 Å². The van der Waals surface area contributed by atoms with Crippen molar-refractivity contribution in [3.63, 3.8) is 0 Å². The average Bonchev–Trinajstić information content (AvgIpc) is 3.35. The van der Waals surface area contributed by atoms with E-state index in [0.717, 1.165) is 16.2 Å². The van der Waals surface area contributed by atoms with Gasteiger partial charge in [0.1, 0.15) is 0 Å². The van der Waals surface area contributed by atoms with Crippen molar-refractivity contribution >= 4 is 34.0 Å². The predicted octanol–water partition coefficient (Wildman–Crippen LogP) is 5.32. The number of hydrogen-bond acceptors (Lipinski definition) is 5. The maximum atomic E-state index is 12.4. The van der Waals surface area contributed by atoms with Gasteiger partial charge < -0.3 is 14.8 Å². The molecule has 0 aliphatic carbocycles. The molecule has 4 rings (SSSR count). The number of hydrogen-bond donors (Lipinski definition) is 1. The van der Waals surface area contributed by atoms with E-state index in [1.807, 2.05) is 34.3 Å². The van der Waals surface area contributed by atoms with Crippen LogP contribution < -0.4 is 14.8 Å². The largest absolute Gasteiger partial charge is 0.493 e. The van der Waals surface area contributed by atoms with E-state index in [9.17, 15) is 13.6 Å². The Balaban J connectivity index is 1.40. The standard InChI is InChI=1S/C22H17F2N3O3S/c1-29-19-12-14(2-8-18(19)30-21(23)24)3-9-20(28)25-16-6-4-15(5-7-16)17-13-27-10-11-31-22(27)26-17/h2-13,21H,1H3,(H,25,28)/b9-3+. The smallest absolute Gasteiger partial charge is 0.387 e. The highest BCUT2D eigenvalue weighted by Gasteiger charge is 2.10. The number of rotatable bonds is 7.